The molecule has 2 atom stereocenters. The summed E-state index contributed by atoms with van der Waals surface area (Å²) < 4.78 is 0. The van der Waals surface area contributed by atoms with E-state index in [1.165, 1.54) is 0 Å². The van der Waals surface area contributed by atoms with Gasteiger partial charge in [0.15, 0.2) is 5.11 Å². The molecule has 0 radical (unpaired) electrons. The van der Waals surface area contributed by atoms with Gasteiger partial charge in [0.05, 0.1) is 6.04 Å². The Morgan fingerprint density at radius 2 is 1.85 bits per heavy atom. The molecule has 0 amide bonds. The average Bonchev–Trinajstić information content (AvgIpc) is 3.11. The van der Waals surface area contributed by atoms with E-state index in [0.29, 0.717) is 16.6 Å². The number of rotatable bonds is 2. The lowest BCUT2D eigenvalue weighted by molar-refractivity contribution is 0.0388. The summed E-state index contributed by atoms with van der Waals surface area (Å²) in [6, 6.07) is 17.9. The zero-order valence-electron chi connectivity index (χ0n) is 14.2. The van der Waals surface area contributed by atoms with Gasteiger partial charge in [-0.2, -0.15) is 0 Å². The van der Waals surface area contributed by atoms with Gasteiger partial charge in [0.2, 0.25) is 0 Å². The Labute approximate surface area is 162 Å². The third kappa shape index (κ3) is 3.26. The molecule has 6 heteroatoms. The largest absolute Gasteiger partial charge is 0.350 e. The van der Waals surface area contributed by atoms with Crippen LogP contribution in [0, 0.1) is 0 Å². The minimum atomic E-state index is -0.135. The van der Waals surface area contributed by atoms with Gasteiger partial charge in [-0.1, -0.05) is 60.1 Å². The van der Waals surface area contributed by atoms with Crippen LogP contribution in [0.25, 0.3) is 0 Å². The molecular weight excluding hydrogens is 366 g/mol. The normalized spacial score (nSPS) is 25.5. The Bertz CT molecular complexity index is 910. The highest BCUT2D eigenvalue weighted by Gasteiger charge is 2.32. The number of hydrogen-bond donors (Lipinski definition) is 2. The van der Waals surface area contributed by atoms with Crippen molar-refractivity contribution in [2.24, 2.45) is 4.99 Å². The van der Waals surface area contributed by atoms with Gasteiger partial charge in [0.1, 0.15) is 6.10 Å². The standard InChI is InChI=1S/C20H18ClN3OS/c1-12-18(19(23-20(26)22-12)13-7-3-2-4-8-13)16-11-17(25-24-16)14-9-5-6-10-15(14)21/h2-10,17,19,24H,11H2,1H3,(H,23,26)/b18-16+. The van der Waals surface area contributed by atoms with Crippen LogP contribution in [0.3, 0.4) is 0 Å². The average molecular weight is 384 g/mol. The molecule has 26 heavy (non-hydrogen) atoms. The summed E-state index contributed by atoms with van der Waals surface area (Å²) >= 11 is 11.6. The number of hydroxylamine groups is 1. The van der Waals surface area contributed by atoms with Crippen molar-refractivity contribution in [1.29, 1.82) is 0 Å². The fourth-order valence-electron chi connectivity index (χ4n) is 3.42. The first-order valence-corrected chi connectivity index (χ1v) is 9.22. The maximum absolute atomic E-state index is 6.33. The van der Waals surface area contributed by atoms with Crippen LogP contribution < -0.4 is 10.8 Å². The molecule has 2 unspecified atom stereocenters. The molecule has 0 saturated carbocycles. The Balaban J connectivity index is 1.72. The number of hydrogen-bond acceptors (Lipinski definition) is 3. The van der Waals surface area contributed by atoms with Gasteiger partial charge >= 0.3 is 0 Å². The third-order valence-corrected chi connectivity index (χ3v) is 5.19. The number of benzene rings is 2. The molecule has 2 heterocycles. The lowest BCUT2D eigenvalue weighted by atomic mass is 9.91. The molecule has 1 saturated heterocycles. The van der Waals surface area contributed by atoms with E-state index in [1.54, 1.807) is 0 Å². The van der Waals surface area contributed by atoms with Crippen LogP contribution in [-0.4, -0.2) is 10.8 Å². The van der Waals surface area contributed by atoms with E-state index in [2.05, 4.69) is 27.9 Å². The van der Waals surface area contributed by atoms with Crippen LogP contribution >= 0.6 is 23.8 Å². The summed E-state index contributed by atoms with van der Waals surface area (Å²) in [5.41, 5.74) is 8.18. The van der Waals surface area contributed by atoms with Crippen molar-refractivity contribution in [2.45, 2.75) is 25.5 Å². The molecule has 4 nitrogen and oxygen atoms in total. The zero-order valence-corrected chi connectivity index (χ0v) is 15.8. The highest BCUT2D eigenvalue weighted by molar-refractivity contribution is 7.80. The van der Waals surface area contributed by atoms with Crippen molar-refractivity contribution in [2.75, 3.05) is 0 Å². The second-order valence-electron chi connectivity index (χ2n) is 6.32. The van der Waals surface area contributed by atoms with E-state index in [-0.39, 0.29) is 12.1 Å². The maximum Gasteiger partial charge on any atom is 0.193 e. The second-order valence-corrected chi connectivity index (χ2v) is 7.11. The summed E-state index contributed by atoms with van der Waals surface area (Å²) in [5, 5.41) is 4.53. The van der Waals surface area contributed by atoms with E-state index in [9.17, 15) is 0 Å². The number of nitrogens with one attached hydrogen (secondary N) is 2. The van der Waals surface area contributed by atoms with Gasteiger partial charge in [-0.15, -0.1) is 0 Å². The van der Waals surface area contributed by atoms with Crippen molar-refractivity contribution < 1.29 is 4.84 Å². The zero-order chi connectivity index (χ0) is 18.1. The van der Waals surface area contributed by atoms with Gasteiger partial charge in [-0.3, -0.25) is 10.3 Å². The van der Waals surface area contributed by atoms with Crippen molar-refractivity contribution in [3.05, 3.63) is 82.0 Å². The first-order valence-electron chi connectivity index (χ1n) is 8.43. The molecule has 1 fully saturated rings. The Kier molecular flexibility index (Phi) is 4.76. The summed E-state index contributed by atoms with van der Waals surface area (Å²) in [6.45, 7) is 1.98. The number of nitrogens with zero attached hydrogens (tertiary/aromatic N) is 1. The van der Waals surface area contributed by atoms with Crippen LogP contribution in [0.15, 0.2) is 70.9 Å². The number of aliphatic imine (C=N–C) groups is 1. The molecule has 2 aliphatic rings. The van der Waals surface area contributed by atoms with Gasteiger partial charge in [0.25, 0.3) is 0 Å². The molecule has 2 N–H and O–H groups in total. The predicted molar refractivity (Wildman–Crippen MR) is 108 cm³/mol. The van der Waals surface area contributed by atoms with E-state index in [4.69, 9.17) is 28.7 Å². The summed E-state index contributed by atoms with van der Waals surface area (Å²) in [5.74, 6) is 0. The van der Waals surface area contributed by atoms with Gasteiger partial charge in [0, 0.05) is 34.0 Å². The molecule has 0 spiro atoms. The van der Waals surface area contributed by atoms with E-state index >= 15 is 0 Å². The first-order chi connectivity index (χ1) is 12.6. The summed E-state index contributed by atoms with van der Waals surface area (Å²) in [4.78, 5) is 10.3. The molecule has 2 aliphatic heterocycles. The molecule has 0 bridgehead atoms. The maximum atomic E-state index is 6.33. The van der Waals surface area contributed by atoms with Crippen molar-refractivity contribution in [1.82, 2.24) is 10.8 Å². The van der Waals surface area contributed by atoms with Crippen LogP contribution in [0.2, 0.25) is 5.02 Å². The van der Waals surface area contributed by atoms with Crippen molar-refractivity contribution >= 4 is 34.6 Å². The monoisotopic (exact) mass is 383 g/mol. The highest BCUT2D eigenvalue weighted by Crippen LogP contribution is 2.38. The van der Waals surface area contributed by atoms with Gasteiger partial charge < -0.3 is 5.32 Å². The lowest BCUT2D eigenvalue weighted by Crippen LogP contribution is -2.36. The number of halogens is 1. The van der Waals surface area contributed by atoms with Crippen molar-refractivity contribution in [3.8, 4) is 0 Å². The smallest absolute Gasteiger partial charge is 0.193 e. The van der Waals surface area contributed by atoms with Crippen LogP contribution in [0.5, 0.6) is 0 Å². The Hall–Kier alpha value is -2.21. The van der Waals surface area contributed by atoms with Crippen LogP contribution in [-0.2, 0) is 4.84 Å². The minimum absolute atomic E-state index is 0.0581. The topological polar surface area (TPSA) is 45.7 Å². The van der Waals surface area contributed by atoms with E-state index < -0.39 is 0 Å². The quantitative estimate of drug-likeness (QED) is 0.741. The first kappa shape index (κ1) is 17.2. The lowest BCUT2D eigenvalue weighted by Gasteiger charge is -2.28. The minimum Gasteiger partial charge on any atom is -0.350 e. The van der Waals surface area contributed by atoms with Crippen molar-refractivity contribution in [3.63, 3.8) is 0 Å². The van der Waals surface area contributed by atoms with Crippen LogP contribution in [0.4, 0.5) is 0 Å². The highest BCUT2D eigenvalue weighted by atomic mass is 35.5. The number of thiocarbonyl (C=S) groups is 1. The fraction of sp³-hybridized carbons (Fsp3) is 0.200. The van der Waals surface area contributed by atoms with Gasteiger partial charge in [-0.25, -0.2) is 4.99 Å². The second kappa shape index (κ2) is 7.19. The summed E-state index contributed by atoms with van der Waals surface area (Å²) in [7, 11) is 0. The molecule has 0 aromatic heterocycles. The molecule has 2 aromatic rings. The van der Waals surface area contributed by atoms with E-state index in [0.717, 1.165) is 28.1 Å². The third-order valence-electron chi connectivity index (χ3n) is 4.64. The molecule has 0 aliphatic carbocycles. The molecule has 2 aromatic carbocycles. The molecular formula is C20H18ClN3OS. The SMILES string of the molecule is CC1=NC(=S)NC(c2ccccc2)/C1=C1\CC(c2ccccc2Cl)ON1. The summed E-state index contributed by atoms with van der Waals surface area (Å²) in [6.07, 6.45) is 0.563. The fourth-order valence-corrected chi connectivity index (χ4v) is 3.94. The molecule has 132 valence electrons. The van der Waals surface area contributed by atoms with Crippen LogP contribution in [0.1, 0.15) is 36.6 Å². The van der Waals surface area contributed by atoms with E-state index in [1.807, 2.05) is 49.4 Å². The Morgan fingerprint density at radius 3 is 2.62 bits per heavy atom. The molecule has 4 rings (SSSR count). The van der Waals surface area contributed by atoms with Gasteiger partial charge in [-0.05, 0) is 30.8 Å². The Morgan fingerprint density at radius 1 is 1.12 bits per heavy atom. The predicted octanol–water partition coefficient (Wildman–Crippen LogP) is 4.65.